The molecule has 1 amide bonds. The standard InChI is InChI=1S/C19H18FN3O2/c1-12-6-9-21-17-13(7-10-23(12)17)18(24)22-19(2)8-11-25-16-14(19)4-3-5-15(16)20/h3-7,9-10H,8,11H2,1-2H3,(H,22,24). The molecule has 0 aliphatic carbocycles. The Bertz CT molecular complexity index is 982. The van der Waals surface area contributed by atoms with Crippen LogP contribution in [0.1, 0.15) is 35.0 Å². The molecule has 1 aromatic carbocycles. The molecule has 1 aliphatic rings. The summed E-state index contributed by atoms with van der Waals surface area (Å²) in [5.41, 5.74) is 2.04. The zero-order valence-electron chi connectivity index (χ0n) is 14.0. The number of aryl methyl sites for hydroxylation is 1. The molecular weight excluding hydrogens is 321 g/mol. The van der Waals surface area contributed by atoms with Gasteiger partial charge < -0.3 is 14.5 Å². The number of fused-ring (bicyclic) bond motifs is 2. The normalized spacial score (nSPS) is 19.3. The Labute approximate surface area is 144 Å². The average molecular weight is 339 g/mol. The minimum Gasteiger partial charge on any atom is -0.490 e. The zero-order valence-corrected chi connectivity index (χ0v) is 14.0. The van der Waals surface area contributed by atoms with Gasteiger partial charge in [0.25, 0.3) is 5.91 Å². The van der Waals surface area contributed by atoms with Crippen molar-refractivity contribution in [2.24, 2.45) is 0 Å². The number of carbonyl (C=O) groups is 1. The molecule has 5 nitrogen and oxygen atoms in total. The monoisotopic (exact) mass is 339 g/mol. The first-order valence-corrected chi connectivity index (χ1v) is 8.16. The number of hydrogen-bond donors (Lipinski definition) is 1. The van der Waals surface area contributed by atoms with Crippen LogP contribution in [0.5, 0.6) is 5.75 Å². The lowest BCUT2D eigenvalue weighted by atomic mass is 9.86. The van der Waals surface area contributed by atoms with E-state index in [1.54, 1.807) is 24.4 Å². The molecule has 1 unspecified atom stereocenters. The third-order valence-corrected chi connectivity index (χ3v) is 4.80. The minimum absolute atomic E-state index is 0.215. The average Bonchev–Trinajstić information content (AvgIpc) is 3.01. The summed E-state index contributed by atoms with van der Waals surface area (Å²) in [7, 11) is 0. The predicted molar refractivity (Wildman–Crippen MR) is 91.3 cm³/mol. The van der Waals surface area contributed by atoms with Gasteiger partial charge in [0.05, 0.1) is 17.7 Å². The Morgan fingerprint density at radius 1 is 1.36 bits per heavy atom. The molecule has 0 radical (unpaired) electrons. The van der Waals surface area contributed by atoms with E-state index in [0.717, 1.165) is 5.69 Å². The molecule has 1 atom stereocenters. The molecule has 4 rings (SSSR count). The van der Waals surface area contributed by atoms with Crippen LogP contribution in [-0.2, 0) is 5.54 Å². The van der Waals surface area contributed by atoms with Crippen LogP contribution in [0.4, 0.5) is 4.39 Å². The van der Waals surface area contributed by atoms with Crippen LogP contribution in [0.3, 0.4) is 0 Å². The van der Waals surface area contributed by atoms with Gasteiger partial charge in [-0.15, -0.1) is 0 Å². The number of hydrogen-bond acceptors (Lipinski definition) is 3. The van der Waals surface area contributed by atoms with Gasteiger partial charge in [0.15, 0.2) is 11.6 Å². The van der Waals surface area contributed by atoms with Crippen LogP contribution >= 0.6 is 0 Å². The molecule has 6 heteroatoms. The first-order chi connectivity index (χ1) is 12.0. The summed E-state index contributed by atoms with van der Waals surface area (Å²) in [6.07, 6.45) is 4.07. The number of benzene rings is 1. The highest BCUT2D eigenvalue weighted by Crippen LogP contribution is 2.38. The van der Waals surface area contributed by atoms with Crippen molar-refractivity contribution in [1.82, 2.24) is 14.7 Å². The van der Waals surface area contributed by atoms with Crippen molar-refractivity contribution in [2.45, 2.75) is 25.8 Å². The second kappa shape index (κ2) is 5.58. The molecule has 3 heterocycles. The van der Waals surface area contributed by atoms with E-state index in [2.05, 4.69) is 10.3 Å². The van der Waals surface area contributed by atoms with Gasteiger partial charge in [-0.05, 0) is 32.0 Å². The van der Waals surface area contributed by atoms with Crippen molar-refractivity contribution in [3.05, 3.63) is 65.4 Å². The number of halogens is 1. The fourth-order valence-electron chi connectivity index (χ4n) is 3.34. The summed E-state index contributed by atoms with van der Waals surface area (Å²) in [4.78, 5) is 17.2. The van der Waals surface area contributed by atoms with E-state index in [1.807, 2.05) is 30.5 Å². The summed E-state index contributed by atoms with van der Waals surface area (Å²) in [5, 5.41) is 3.05. The number of aromatic nitrogens is 2. The highest BCUT2D eigenvalue weighted by molar-refractivity contribution is 6.00. The second-order valence-electron chi connectivity index (χ2n) is 6.51. The van der Waals surface area contributed by atoms with Crippen molar-refractivity contribution < 1.29 is 13.9 Å². The van der Waals surface area contributed by atoms with Crippen molar-refractivity contribution >= 4 is 11.6 Å². The third-order valence-electron chi connectivity index (χ3n) is 4.80. The number of carbonyl (C=O) groups excluding carboxylic acids is 1. The quantitative estimate of drug-likeness (QED) is 0.780. The van der Waals surface area contributed by atoms with E-state index >= 15 is 0 Å². The lowest BCUT2D eigenvalue weighted by molar-refractivity contribution is 0.0872. The van der Waals surface area contributed by atoms with E-state index in [1.165, 1.54) is 6.07 Å². The first kappa shape index (κ1) is 15.6. The number of rotatable bonds is 2. The topological polar surface area (TPSA) is 55.6 Å². The number of para-hydroxylation sites is 1. The van der Waals surface area contributed by atoms with Crippen molar-refractivity contribution in [2.75, 3.05) is 6.61 Å². The van der Waals surface area contributed by atoms with Gasteiger partial charge >= 0.3 is 0 Å². The van der Waals surface area contributed by atoms with Crippen LogP contribution in [-0.4, -0.2) is 21.9 Å². The molecule has 0 spiro atoms. The lowest BCUT2D eigenvalue weighted by Crippen LogP contribution is -2.46. The first-order valence-electron chi connectivity index (χ1n) is 8.16. The van der Waals surface area contributed by atoms with Crippen molar-refractivity contribution in [1.29, 1.82) is 0 Å². The van der Waals surface area contributed by atoms with Gasteiger partial charge in [-0.2, -0.15) is 0 Å². The van der Waals surface area contributed by atoms with E-state index in [0.29, 0.717) is 29.8 Å². The van der Waals surface area contributed by atoms with Gasteiger partial charge in [0.2, 0.25) is 0 Å². The Balaban J connectivity index is 1.72. The van der Waals surface area contributed by atoms with Gasteiger partial charge in [0.1, 0.15) is 5.65 Å². The molecule has 1 aliphatic heterocycles. The SMILES string of the molecule is Cc1ccnc2c(C(=O)NC3(C)CCOc4c(F)cccc43)ccn12. The molecule has 128 valence electrons. The van der Waals surface area contributed by atoms with Crippen LogP contribution < -0.4 is 10.1 Å². The van der Waals surface area contributed by atoms with Crippen molar-refractivity contribution in [3.63, 3.8) is 0 Å². The molecule has 2 aromatic heterocycles. The Morgan fingerprint density at radius 3 is 3.04 bits per heavy atom. The summed E-state index contributed by atoms with van der Waals surface area (Å²) in [5.74, 6) is -0.434. The Hall–Kier alpha value is -2.89. The third kappa shape index (κ3) is 2.45. The molecule has 0 saturated carbocycles. The van der Waals surface area contributed by atoms with Gasteiger partial charge in [0, 0.05) is 30.1 Å². The lowest BCUT2D eigenvalue weighted by Gasteiger charge is -2.36. The molecule has 25 heavy (non-hydrogen) atoms. The van der Waals surface area contributed by atoms with Gasteiger partial charge in [-0.25, -0.2) is 9.37 Å². The molecule has 1 N–H and O–H groups in total. The summed E-state index contributed by atoms with van der Waals surface area (Å²) < 4.78 is 21.4. The van der Waals surface area contributed by atoms with Crippen LogP contribution in [0, 0.1) is 12.7 Å². The van der Waals surface area contributed by atoms with E-state index < -0.39 is 11.4 Å². The predicted octanol–water partition coefficient (Wildman–Crippen LogP) is 3.21. The molecule has 3 aromatic rings. The zero-order chi connectivity index (χ0) is 17.6. The molecule has 0 saturated heterocycles. The van der Waals surface area contributed by atoms with Crippen LogP contribution in [0.2, 0.25) is 0 Å². The maximum absolute atomic E-state index is 14.0. The molecule has 0 bridgehead atoms. The number of amides is 1. The largest absolute Gasteiger partial charge is 0.490 e. The molecule has 0 fully saturated rings. The number of nitrogens with one attached hydrogen (secondary N) is 1. The fraction of sp³-hybridized carbons (Fsp3) is 0.263. The van der Waals surface area contributed by atoms with E-state index in [4.69, 9.17) is 4.74 Å². The highest BCUT2D eigenvalue weighted by Gasteiger charge is 2.36. The van der Waals surface area contributed by atoms with Crippen molar-refractivity contribution in [3.8, 4) is 5.75 Å². The van der Waals surface area contributed by atoms with Crippen LogP contribution in [0.15, 0.2) is 42.7 Å². The summed E-state index contributed by atoms with van der Waals surface area (Å²) in [6.45, 7) is 4.19. The second-order valence-corrected chi connectivity index (χ2v) is 6.51. The summed E-state index contributed by atoms with van der Waals surface area (Å²) >= 11 is 0. The maximum atomic E-state index is 14.0. The smallest absolute Gasteiger partial charge is 0.255 e. The maximum Gasteiger partial charge on any atom is 0.255 e. The Kier molecular flexibility index (Phi) is 3.49. The number of nitrogens with zero attached hydrogens (tertiary/aromatic N) is 2. The van der Waals surface area contributed by atoms with Crippen LogP contribution in [0.25, 0.3) is 5.65 Å². The molecular formula is C19H18FN3O2. The van der Waals surface area contributed by atoms with E-state index in [9.17, 15) is 9.18 Å². The number of ether oxygens (including phenoxy) is 1. The minimum atomic E-state index is -0.704. The highest BCUT2D eigenvalue weighted by atomic mass is 19.1. The summed E-state index contributed by atoms with van der Waals surface area (Å²) in [6, 6.07) is 8.41. The Morgan fingerprint density at radius 2 is 2.20 bits per heavy atom. The van der Waals surface area contributed by atoms with E-state index in [-0.39, 0.29) is 11.7 Å². The fourth-order valence-corrected chi connectivity index (χ4v) is 3.34. The van der Waals surface area contributed by atoms with Gasteiger partial charge in [-0.3, -0.25) is 4.79 Å². The van der Waals surface area contributed by atoms with Gasteiger partial charge in [-0.1, -0.05) is 12.1 Å².